The summed E-state index contributed by atoms with van der Waals surface area (Å²) in [6.45, 7) is 0. The van der Waals surface area contributed by atoms with Gasteiger partial charge in [0.15, 0.2) is 5.78 Å². The number of hydrogen-bond acceptors (Lipinski definition) is 4. The van der Waals surface area contributed by atoms with E-state index in [0.29, 0.717) is 0 Å². The Hall–Kier alpha value is -1.66. The van der Waals surface area contributed by atoms with Crippen LogP contribution >= 0.6 is 0 Å². The number of alkyl halides is 3. The van der Waals surface area contributed by atoms with Crippen LogP contribution in [0.3, 0.4) is 0 Å². The summed E-state index contributed by atoms with van der Waals surface area (Å²) in [5.41, 5.74) is 5.50. The molecule has 16 heavy (non-hydrogen) atoms. The Morgan fingerprint density at radius 3 is 2.69 bits per heavy atom. The van der Waals surface area contributed by atoms with Gasteiger partial charge in [-0.2, -0.15) is 13.2 Å². The van der Waals surface area contributed by atoms with Crippen molar-refractivity contribution in [2.75, 3.05) is 5.73 Å². The molecule has 1 heterocycles. The summed E-state index contributed by atoms with van der Waals surface area (Å²) in [6, 6.07) is 0. The Morgan fingerprint density at radius 2 is 2.06 bits per heavy atom. The van der Waals surface area contributed by atoms with Crippen molar-refractivity contribution in [2.45, 2.75) is 19.0 Å². The van der Waals surface area contributed by atoms with Crippen molar-refractivity contribution < 1.29 is 18.0 Å². The molecule has 1 aliphatic carbocycles. The predicted octanol–water partition coefficient (Wildman–Crippen LogP) is 1.37. The molecule has 7 heteroatoms. The second-order valence-electron chi connectivity index (χ2n) is 3.66. The number of nitrogens with two attached hydrogens (primary N) is 1. The van der Waals surface area contributed by atoms with E-state index in [4.69, 9.17) is 5.73 Å². The Labute approximate surface area is 88.7 Å². The Morgan fingerprint density at radius 1 is 1.38 bits per heavy atom. The van der Waals surface area contributed by atoms with Crippen LogP contribution in [0, 0.1) is 5.92 Å². The van der Waals surface area contributed by atoms with Gasteiger partial charge in [-0.1, -0.05) is 0 Å². The highest BCUT2D eigenvalue weighted by molar-refractivity contribution is 5.98. The lowest BCUT2D eigenvalue weighted by atomic mass is 9.86. The number of rotatable bonds is 0. The molecule has 0 fully saturated rings. The summed E-state index contributed by atoms with van der Waals surface area (Å²) >= 11 is 0. The van der Waals surface area contributed by atoms with Gasteiger partial charge in [-0.05, 0) is 0 Å². The minimum atomic E-state index is -4.38. The third-order valence-corrected chi connectivity index (χ3v) is 2.52. The van der Waals surface area contributed by atoms with E-state index in [9.17, 15) is 18.0 Å². The number of fused-ring (bicyclic) bond motifs is 1. The van der Waals surface area contributed by atoms with Crippen molar-refractivity contribution in [1.82, 2.24) is 9.97 Å². The van der Waals surface area contributed by atoms with E-state index < -0.39 is 24.3 Å². The zero-order valence-corrected chi connectivity index (χ0v) is 8.08. The third kappa shape index (κ3) is 1.84. The largest absolute Gasteiger partial charge is 0.392 e. The Kier molecular flexibility index (Phi) is 2.32. The molecule has 0 radical (unpaired) electrons. The van der Waals surface area contributed by atoms with E-state index in [0.717, 1.165) is 0 Å². The number of halogens is 3. The van der Waals surface area contributed by atoms with E-state index in [1.807, 2.05) is 0 Å². The fourth-order valence-corrected chi connectivity index (χ4v) is 1.69. The maximum absolute atomic E-state index is 12.5. The summed E-state index contributed by atoms with van der Waals surface area (Å²) in [5.74, 6) is -2.36. The molecule has 2 N–H and O–H groups in total. The van der Waals surface area contributed by atoms with Gasteiger partial charge < -0.3 is 5.73 Å². The lowest BCUT2D eigenvalue weighted by Gasteiger charge is -2.24. The minimum absolute atomic E-state index is 0.0890. The molecule has 1 aliphatic rings. The summed E-state index contributed by atoms with van der Waals surface area (Å²) < 4.78 is 37.4. The van der Waals surface area contributed by atoms with Crippen molar-refractivity contribution in [3.8, 4) is 0 Å². The molecule has 4 nitrogen and oxygen atoms in total. The third-order valence-electron chi connectivity index (χ3n) is 2.52. The fraction of sp³-hybridized carbons (Fsp3) is 0.444. The van der Waals surface area contributed by atoms with Gasteiger partial charge in [0.25, 0.3) is 0 Å². The van der Waals surface area contributed by atoms with Crippen LogP contribution in [0.5, 0.6) is 0 Å². The van der Waals surface area contributed by atoms with Gasteiger partial charge in [-0.15, -0.1) is 0 Å². The monoisotopic (exact) mass is 231 g/mol. The van der Waals surface area contributed by atoms with E-state index >= 15 is 0 Å². The van der Waals surface area contributed by atoms with Crippen LogP contribution in [0.25, 0.3) is 0 Å². The van der Waals surface area contributed by atoms with Crippen molar-refractivity contribution >= 4 is 11.7 Å². The molecule has 1 atom stereocenters. The van der Waals surface area contributed by atoms with Crippen molar-refractivity contribution in [3.63, 3.8) is 0 Å². The van der Waals surface area contributed by atoms with Crippen LogP contribution in [0.15, 0.2) is 6.20 Å². The van der Waals surface area contributed by atoms with Gasteiger partial charge in [0.05, 0.1) is 17.2 Å². The number of nitrogens with zero attached hydrogens (tertiary/aromatic N) is 2. The number of anilines is 1. The molecule has 0 amide bonds. The molecule has 0 saturated carbocycles. The number of nitrogen functional groups attached to an aromatic ring is 1. The predicted molar refractivity (Wildman–Crippen MR) is 48.6 cm³/mol. The molecule has 2 rings (SSSR count). The number of aromatic nitrogens is 2. The lowest BCUT2D eigenvalue weighted by Crippen LogP contribution is -2.32. The molecule has 1 unspecified atom stereocenters. The van der Waals surface area contributed by atoms with E-state index in [1.165, 1.54) is 6.20 Å². The highest BCUT2D eigenvalue weighted by Gasteiger charge is 2.44. The van der Waals surface area contributed by atoms with E-state index in [1.54, 1.807) is 0 Å². The van der Waals surface area contributed by atoms with Crippen molar-refractivity contribution in [1.29, 1.82) is 0 Å². The van der Waals surface area contributed by atoms with Crippen LogP contribution in [-0.4, -0.2) is 21.9 Å². The zero-order chi connectivity index (χ0) is 11.9. The summed E-state index contributed by atoms with van der Waals surface area (Å²) in [7, 11) is 0. The zero-order valence-electron chi connectivity index (χ0n) is 8.08. The van der Waals surface area contributed by atoms with E-state index in [-0.39, 0.29) is 23.6 Å². The standard InChI is InChI=1S/C9H8F3N3O/c10-9(11,12)4-1-6-5(7(16)2-4)3-14-8(13)15-6/h3-4H,1-2H2,(H2,13,14,15). The molecule has 0 saturated heterocycles. The molecule has 1 aromatic heterocycles. The smallest absolute Gasteiger partial charge is 0.368 e. The highest BCUT2D eigenvalue weighted by Crippen LogP contribution is 2.36. The summed E-state index contributed by atoms with van der Waals surface area (Å²) in [5, 5.41) is 0. The van der Waals surface area contributed by atoms with Gasteiger partial charge in [0.2, 0.25) is 5.95 Å². The summed E-state index contributed by atoms with van der Waals surface area (Å²) in [6.07, 6.45) is -4.04. The Balaban J connectivity index is 2.39. The van der Waals surface area contributed by atoms with Crippen LogP contribution in [0.4, 0.5) is 19.1 Å². The van der Waals surface area contributed by atoms with Crippen LogP contribution in [0.1, 0.15) is 22.5 Å². The lowest BCUT2D eigenvalue weighted by molar-refractivity contribution is -0.174. The molecule has 0 bridgehead atoms. The average molecular weight is 231 g/mol. The molecule has 86 valence electrons. The normalized spacial score (nSPS) is 20.7. The van der Waals surface area contributed by atoms with Crippen molar-refractivity contribution in [3.05, 3.63) is 17.5 Å². The molecule has 0 aliphatic heterocycles. The molecule has 0 spiro atoms. The fourth-order valence-electron chi connectivity index (χ4n) is 1.69. The molecular formula is C9H8F3N3O. The van der Waals surface area contributed by atoms with Crippen LogP contribution in [-0.2, 0) is 6.42 Å². The van der Waals surface area contributed by atoms with Crippen molar-refractivity contribution in [2.24, 2.45) is 5.92 Å². The SMILES string of the molecule is Nc1ncc2c(n1)CC(C(F)(F)F)CC2=O. The van der Waals surface area contributed by atoms with Gasteiger partial charge in [-0.25, -0.2) is 9.97 Å². The number of ketones is 1. The summed E-state index contributed by atoms with van der Waals surface area (Å²) in [4.78, 5) is 18.7. The van der Waals surface area contributed by atoms with Gasteiger partial charge in [-0.3, -0.25) is 4.79 Å². The first-order valence-corrected chi connectivity index (χ1v) is 4.59. The topological polar surface area (TPSA) is 68.9 Å². The highest BCUT2D eigenvalue weighted by atomic mass is 19.4. The van der Waals surface area contributed by atoms with Crippen LogP contribution < -0.4 is 5.73 Å². The molecular weight excluding hydrogens is 223 g/mol. The second-order valence-corrected chi connectivity index (χ2v) is 3.66. The van der Waals surface area contributed by atoms with Gasteiger partial charge >= 0.3 is 6.18 Å². The number of carbonyl (C=O) groups excluding carboxylic acids is 1. The first kappa shape index (κ1) is 10.8. The maximum Gasteiger partial charge on any atom is 0.392 e. The Bertz CT molecular complexity index is 444. The van der Waals surface area contributed by atoms with Crippen LogP contribution in [0.2, 0.25) is 0 Å². The number of Topliss-reactive ketones (excluding diaryl/α,β-unsaturated/α-hetero) is 1. The molecule has 1 aromatic rings. The van der Waals surface area contributed by atoms with Gasteiger partial charge in [0, 0.05) is 19.0 Å². The van der Waals surface area contributed by atoms with Gasteiger partial charge in [0.1, 0.15) is 0 Å². The average Bonchev–Trinajstić information content (AvgIpc) is 2.15. The minimum Gasteiger partial charge on any atom is -0.368 e. The number of carbonyl (C=O) groups is 1. The quantitative estimate of drug-likeness (QED) is 0.732. The second kappa shape index (κ2) is 3.43. The number of hydrogen-bond donors (Lipinski definition) is 1. The first-order chi connectivity index (χ1) is 7.38. The van der Waals surface area contributed by atoms with E-state index in [2.05, 4.69) is 9.97 Å². The molecule has 0 aromatic carbocycles. The first-order valence-electron chi connectivity index (χ1n) is 4.59. The maximum atomic E-state index is 12.5.